The van der Waals surface area contributed by atoms with Gasteiger partial charge in [0.15, 0.2) is 0 Å². The van der Waals surface area contributed by atoms with Gasteiger partial charge in [0.2, 0.25) is 5.91 Å². The molecule has 1 aromatic carbocycles. The van der Waals surface area contributed by atoms with E-state index in [2.05, 4.69) is 15.5 Å². The summed E-state index contributed by atoms with van der Waals surface area (Å²) < 4.78 is 0. The Morgan fingerprint density at radius 3 is 2.55 bits per heavy atom. The Balaban J connectivity index is 2.20. The average Bonchev–Trinajstić information content (AvgIpc) is 2.48. The molecule has 0 aliphatic rings. The number of amides is 1. The van der Waals surface area contributed by atoms with E-state index in [9.17, 15) is 14.4 Å². The monoisotopic (exact) mass is 301 g/mol. The van der Waals surface area contributed by atoms with Gasteiger partial charge < -0.3 is 10.4 Å². The van der Waals surface area contributed by atoms with Crippen molar-refractivity contribution in [1.82, 2.24) is 10.2 Å². The minimum atomic E-state index is -1.07. The number of nitrogens with zero attached hydrogens (tertiary/aromatic N) is 1. The smallest absolute Gasteiger partial charge is 0.303 e. The molecular formula is C15H15N3O4. The molecule has 2 aromatic rings. The number of benzene rings is 1. The molecule has 0 saturated carbocycles. The van der Waals surface area contributed by atoms with E-state index in [1.54, 1.807) is 0 Å². The van der Waals surface area contributed by atoms with Crippen LogP contribution >= 0.6 is 0 Å². The molecule has 22 heavy (non-hydrogen) atoms. The Hall–Kier alpha value is -2.96. The minimum Gasteiger partial charge on any atom is -0.481 e. The second-order valence-electron chi connectivity index (χ2n) is 4.80. The van der Waals surface area contributed by atoms with Crippen molar-refractivity contribution in [3.8, 4) is 11.3 Å². The van der Waals surface area contributed by atoms with E-state index in [1.165, 1.54) is 6.07 Å². The van der Waals surface area contributed by atoms with Crippen LogP contribution in [-0.4, -0.2) is 27.2 Å². The number of aliphatic carboxylic acids is 1. The fraction of sp³-hybridized carbons (Fsp3) is 0.200. The second kappa shape index (κ2) is 6.66. The van der Waals surface area contributed by atoms with Crippen molar-refractivity contribution in [1.29, 1.82) is 0 Å². The third kappa shape index (κ3) is 4.02. The number of aryl methyl sites for hydroxylation is 1. The van der Waals surface area contributed by atoms with Crippen LogP contribution in [0.3, 0.4) is 0 Å². The van der Waals surface area contributed by atoms with Crippen LogP contribution in [0.1, 0.15) is 18.4 Å². The van der Waals surface area contributed by atoms with Gasteiger partial charge in [-0.05, 0) is 13.0 Å². The van der Waals surface area contributed by atoms with Crippen molar-refractivity contribution in [2.24, 2.45) is 0 Å². The van der Waals surface area contributed by atoms with Crippen molar-refractivity contribution in [2.45, 2.75) is 19.8 Å². The molecule has 0 bridgehead atoms. The molecule has 1 heterocycles. The van der Waals surface area contributed by atoms with E-state index in [0.717, 1.165) is 11.1 Å². The molecule has 0 spiro atoms. The Morgan fingerprint density at radius 1 is 1.23 bits per heavy atom. The Morgan fingerprint density at radius 2 is 1.91 bits per heavy atom. The van der Waals surface area contributed by atoms with Gasteiger partial charge in [0.25, 0.3) is 5.56 Å². The van der Waals surface area contributed by atoms with Gasteiger partial charge in [-0.2, -0.15) is 5.10 Å². The molecule has 7 nitrogen and oxygen atoms in total. The fourth-order valence-electron chi connectivity index (χ4n) is 1.80. The van der Waals surface area contributed by atoms with E-state index in [4.69, 9.17) is 5.11 Å². The number of carboxylic acid groups (broad SMARTS) is 1. The highest BCUT2D eigenvalue weighted by Crippen LogP contribution is 2.18. The lowest BCUT2D eigenvalue weighted by Gasteiger charge is -2.06. The topological polar surface area (TPSA) is 112 Å². The van der Waals surface area contributed by atoms with Crippen LogP contribution < -0.4 is 10.9 Å². The molecule has 2 rings (SSSR count). The van der Waals surface area contributed by atoms with Crippen LogP contribution in [0.4, 0.5) is 5.69 Å². The van der Waals surface area contributed by atoms with Crippen LogP contribution in [0.2, 0.25) is 0 Å². The Bertz CT molecular complexity index is 750. The summed E-state index contributed by atoms with van der Waals surface area (Å²) in [6.45, 7) is 1.96. The molecule has 0 aliphatic heterocycles. The highest BCUT2D eigenvalue weighted by Gasteiger charge is 2.10. The van der Waals surface area contributed by atoms with Crippen molar-refractivity contribution in [2.75, 3.05) is 5.32 Å². The normalized spacial score (nSPS) is 10.2. The second-order valence-corrected chi connectivity index (χ2v) is 4.80. The minimum absolute atomic E-state index is 0.0426. The number of carbonyl (C=O) groups excluding carboxylic acids is 1. The largest absolute Gasteiger partial charge is 0.481 e. The number of H-pyrrole nitrogens is 1. The first-order chi connectivity index (χ1) is 10.5. The standard InChI is InChI=1S/C15H15N3O4/c1-9-2-4-10(5-3-9)11-8-12(15(22)18-17-11)16-13(19)6-7-14(20)21/h2-5,8H,6-7H2,1H3,(H,18,22)(H,20,21)(H,16,17,19). The predicted octanol–water partition coefficient (Wildman–Crippen LogP) is 1.55. The van der Waals surface area contributed by atoms with Gasteiger partial charge in [0.1, 0.15) is 5.69 Å². The quantitative estimate of drug-likeness (QED) is 0.775. The molecule has 1 amide bonds. The molecule has 0 fully saturated rings. The summed E-state index contributed by atoms with van der Waals surface area (Å²) >= 11 is 0. The molecule has 0 atom stereocenters. The maximum absolute atomic E-state index is 11.7. The van der Waals surface area contributed by atoms with Crippen molar-refractivity contribution in [3.05, 3.63) is 46.2 Å². The van der Waals surface area contributed by atoms with E-state index in [0.29, 0.717) is 5.69 Å². The van der Waals surface area contributed by atoms with Gasteiger partial charge in [-0.3, -0.25) is 14.4 Å². The zero-order valence-corrected chi connectivity index (χ0v) is 11.9. The third-order valence-corrected chi connectivity index (χ3v) is 2.99. The molecule has 1 aromatic heterocycles. The lowest BCUT2D eigenvalue weighted by atomic mass is 10.1. The van der Waals surface area contributed by atoms with Crippen LogP contribution in [-0.2, 0) is 9.59 Å². The molecule has 3 N–H and O–H groups in total. The molecule has 0 saturated heterocycles. The molecule has 0 radical (unpaired) electrons. The summed E-state index contributed by atoms with van der Waals surface area (Å²) in [6, 6.07) is 8.99. The maximum Gasteiger partial charge on any atom is 0.303 e. The molecule has 0 unspecified atom stereocenters. The number of rotatable bonds is 5. The van der Waals surface area contributed by atoms with Crippen molar-refractivity contribution < 1.29 is 14.7 Å². The molecule has 0 aliphatic carbocycles. The van der Waals surface area contributed by atoms with Gasteiger partial charge in [-0.15, -0.1) is 0 Å². The lowest BCUT2D eigenvalue weighted by Crippen LogP contribution is -2.21. The van der Waals surface area contributed by atoms with Gasteiger partial charge >= 0.3 is 5.97 Å². The zero-order valence-electron chi connectivity index (χ0n) is 11.9. The number of carbonyl (C=O) groups is 2. The van der Waals surface area contributed by atoms with Crippen LogP contribution in [0.25, 0.3) is 11.3 Å². The van der Waals surface area contributed by atoms with Crippen LogP contribution in [0, 0.1) is 6.92 Å². The first-order valence-corrected chi connectivity index (χ1v) is 6.64. The van der Waals surface area contributed by atoms with E-state index >= 15 is 0 Å². The zero-order chi connectivity index (χ0) is 16.1. The fourth-order valence-corrected chi connectivity index (χ4v) is 1.80. The first-order valence-electron chi connectivity index (χ1n) is 6.64. The summed E-state index contributed by atoms with van der Waals surface area (Å²) in [6.07, 6.45) is -0.489. The van der Waals surface area contributed by atoms with E-state index in [1.807, 2.05) is 31.2 Å². The summed E-state index contributed by atoms with van der Waals surface area (Å²) in [5.74, 6) is -1.60. The van der Waals surface area contributed by atoms with Gasteiger partial charge in [-0.25, -0.2) is 5.10 Å². The summed E-state index contributed by atoms with van der Waals surface area (Å²) in [5.41, 5.74) is 1.90. The molecule has 114 valence electrons. The average molecular weight is 301 g/mol. The summed E-state index contributed by atoms with van der Waals surface area (Å²) in [4.78, 5) is 33.7. The summed E-state index contributed by atoms with van der Waals surface area (Å²) in [5, 5.41) is 17.2. The number of aromatic amines is 1. The van der Waals surface area contributed by atoms with Crippen LogP contribution in [0.5, 0.6) is 0 Å². The Kier molecular flexibility index (Phi) is 4.67. The van der Waals surface area contributed by atoms with Gasteiger partial charge in [0.05, 0.1) is 12.1 Å². The molecule has 7 heteroatoms. The number of aromatic nitrogens is 2. The number of anilines is 1. The maximum atomic E-state index is 11.7. The van der Waals surface area contributed by atoms with Gasteiger partial charge in [0, 0.05) is 12.0 Å². The van der Waals surface area contributed by atoms with Crippen LogP contribution in [0.15, 0.2) is 35.1 Å². The van der Waals surface area contributed by atoms with E-state index < -0.39 is 17.4 Å². The highest BCUT2D eigenvalue weighted by atomic mass is 16.4. The Labute approximate surface area is 126 Å². The number of nitrogens with one attached hydrogen (secondary N) is 2. The third-order valence-electron chi connectivity index (χ3n) is 2.99. The molecular weight excluding hydrogens is 286 g/mol. The van der Waals surface area contributed by atoms with E-state index in [-0.39, 0.29) is 18.5 Å². The van der Waals surface area contributed by atoms with Crippen molar-refractivity contribution in [3.63, 3.8) is 0 Å². The lowest BCUT2D eigenvalue weighted by molar-refractivity contribution is -0.138. The highest BCUT2D eigenvalue weighted by molar-refractivity contribution is 5.92. The summed E-state index contributed by atoms with van der Waals surface area (Å²) in [7, 11) is 0. The van der Waals surface area contributed by atoms with Gasteiger partial charge in [-0.1, -0.05) is 29.8 Å². The van der Waals surface area contributed by atoms with Crippen molar-refractivity contribution >= 4 is 17.6 Å². The predicted molar refractivity (Wildman–Crippen MR) is 80.5 cm³/mol. The SMILES string of the molecule is Cc1ccc(-c2cc(NC(=O)CCC(=O)O)c(=O)[nH]n2)cc1. The number of carboxylic acids is 1. The number of hydrogen-bond acceptors (Lipinski definition) is 4. The first kappa shape index (κ1) is 15.4. The number of hydrogen-bond donors (Lipinski definition) is 3.